The molecule has 0 unspecified atom stereocenters. The second-order valence-corrected chi connectivity index (χ2v) is 9.92. The fourth-order valence-corrected chi connectivity index (χ4v) is 5.55. The first-order valence-corrected chi connectivity index (χ1v) is 12.5. The van der Waals surface area contributed by atoms with Gasteiger partial charge < -0.3 is 16.0 Å². The molecule has 2 aliphatic rings. The Labute approximate surface area is 221 Å². The maximum Gasteiger partial charge on any atom is 0.269 e. The molecule has 1 saturated carbocycles. The molecule has 3 N–H and O–H groups in total. The predicted octanol–water partition coefficient (Wildman–Crippen LogP) is 3.62. The van der Waals surface area contributed by atoms with Gasteiger partial charge in [-0.1, -0.05) is 41.9 Å². The lowest BCUT2D eigenvalue weighted by Crippen LogP contribution is -2.46. The monoisotopic (exact) mass is 532 g/mol. The normalized spacial score (nSPS) is 19.8. The fourth-order valence-electron chi connectivity index (χ4n) is 5.31. The zero-order chi connectivity index (χ0) is 26.6. The van der Waals surface area contributed by atoms with Crippen molar-refractivity contribution in [3.05, 3.63) is 77.5 Å². The van der Waals surface area contributed by atoms with Crippen LogP contribution in [0.4, 0.5) is 10.1 Å². The van der Waals surface area contributed by atoms with Gasteiger partial charge >= 0.3 is 0 Å². The summed E-state index contributed by atoms with van der Waals surface area (Å²) in [5, 5.41) is 7.79. The van der Waals surface area contributed by atoms with Gasteiger partial charge in [0.25, 0.3) is 5.91 Å². The van der Waals surface area contributed by atoms with Crippen molar-refractivity contribution in [2.24, 2.45) is 11.7 Å². The lowest BCUT2D eigenvalue weighted by Gasteiger charge is -2.27. The van der Waals surface area contributed by atoms with Gasteiger partial charge in [-0.15, -0.1) is 0 Å². The summed E-state index contributed by atoms with van der Waals surface area (Å²) >= 11 is 6.25. The van der Waals surface area contributed by atoms with Crippen molar-refractivity contribution in [1.82, 2.24) is 19.7 Å². The Morgan fingerprint density at radius 3 is 2.66 bits per heavy atom. The van der Waals surface area contributed by atoms with Crippen molar-refractivity contribution in [3.8, 4) is 11.1 Å². The summed E-state index contributed by atoms with van der Waals surface area (Å²) in [5.41, 5.74) is 6.77. The summed E-state index contributed by atoms with van der Waals surface area (Å²) in [6.07, 6.45) is 4.31. The standard InChI is InChI=1S/C27H22ClFN6O3/c28-18-6-2-1-4-15(18)16-5-3-7-19(24(16)29)32-27(38)21-11-14-10-20(14)35(21)23(36)13-34-22-12-31-9-8-17(22)25(33-34)26(30)37/h1-9,12,14,20-21H,10-11,13H2,(H2,30,37)(H,32,38)/t14-,20-,21+/m1/s1. The molecule has 11 heteroatoms. The Morgan fingerprint density at radius 2 is 1.87 bits per heavy atom. The van der Waals surface area contributed by atoms with E-state index in [0.717, 1.165) is 6.42 Å². The number of rotatable bonds is 6. The number of carbonyl (C=O) groups excluding carboxylic acids is 3. The zero-order valence-corrected chi connectivity index (χ0v) is 20.7. The van der Waals surface area contributed by atoms with E-state index in [9.17, 15) is 14.4 Å². The molecule has 0 spiro atoms. The maximum absolute atomic E-state index is 15.4. The highest BCUT2D eigenvalue weighted by Crippen LogP contribution is 2.48. The molecule has 1 aliphatic heterocycles. The van der Waals surface area contributed by atoms with Crippen LogP contribution in [0.15, 0.2) is 60.9 Å². The number of carbonyl (C=O) groups is 3. The summed E-state index contributed by atoms with van der Waals surface area (Å²) in [6, 6.07) is 12.4. The number of halogens is 2. The van der Waals surface area contributed by atoms with E-state index in [4.69, 9.17) is 17.3 Å². The third-order valence-electron chi connectivity index (χ3n) is 7.19. The highest BCUT2D eigenvalue weighted by atomic mass is 35.5. The van der Waals surface area contributed by atoms with E-state index in [-0.39, 0.29) is 41.4 Å². The number of primary amides is 1. The fraction of sp³-hybridized carbons (Fsp3) is 0.222. The minimum absolute atomic E-state index is 0.00985. The van der Waals surface area contributed by atoms with Crippen LogP contribution in [0.2, 0.25) is 5.02 Å². The minimum atomic E-state index is -0.759. The maximum atomic E-state index is 15.4. The SMILES string of the molecule is NC(=O)c1nn(CC(=O)N2[C@@H]3C[C@@H]3C[C@H]2C(=O)Nc2cccc(-c3ccccc3Cl)c2F)c2cnccc12. The first kappa shape index (κ1) is 24.1. The largest absolute Gasteiger partial charge is 0.364 e. The van der Waals surface area contributed by atoms with E-state index in [0.29, 0.717) is 27.9 Å². The van der Waals surface area contributed by atoms with Crippen molar-refractivity contribution >= 4 is 45.9 Å². The van der Waals surface area contributed by atoms with Crippen LogP contribution in [0.1, 0.15) is 23.3 Å². The van der Waals surface area contributed by atoms with E-state index in [1.54, 1.807) is 47.4 Å². The van der Waals surface area contributed by atoms with E-state index < -0.39 is 23.7 Å². The molecular formula is C27H22ClFN6O3. The number of benzene rings is 2. The van der Waals surface area contributed by atoms with E-state index in [2.05, 4.69) is 15.4 Å². The van der Waals surface area contributed by atoms with Gasteiger partial charge in [-0.25, -0.2) is 4.39 Å². The first-order valence-electron chi connectivity index (χ1n) is 12.1. The molecular weight excluding hydrogens is 511 g/mol. The van der Waals surface area contributed by atoms with Gasteiger partial charge in [0.15, 0.2) is 11.5 Å². The Bertz CT molecular complexity index is 1620. The van der Waals surface area contributed by atoms with Crippen molar-refractivity contribution in [3.63, 3.8) is 0 Å². The molecule has 192 valence electrons. The average Bonchev–Trinajstić information content (AvgIpc) is 3.40. The smallest absolute Gasteiger partial charge is 0.269 e. The molecule has 3 atom stereocenters. The first-order chi connectivity index (χ1) is 18.3. The van der Waals surface area contributed by atoms with Crippen LogP contribution in [0.5, 0.6) is 0 Å². The highest BCUT2D eigenvalue weighted by Gasteiger charge is 2.56. The van der Waals surface area contributed by atoms with Crippen LogP contribution in [-0.4, -0.2) is 49.5 Å². The quantitative estimate of drug-likeness (QED) is 0.392. The number of hydrogen-bond donors (Lipinski definition) is 2. The number of hydrogen-bond acceptors (Lipinski definition) is 5. The van der Waals surface area contributed by atoms with Crippen LogP contribution in [0.3, 0.4) is 0 Å². The van der Waals surface area contributed by atoms with Gasteiger partial charge in [0.1, 0.15) is 12.6 Å². The second kappa shape index (κ2) is 9.21. The third-order valence-corrected chi connectivity index (χ3v) is 7.52. The Morgan fingerprint density at radius 1 is 1.08 bits per heavy atom. The number of likely N-dealkylation sites (tertiary alicyclic amines) is 1. The predicted molar refractivity (Wildman–Crippen MR) is 139 cm³/mol. The Kier molecular flexibility index (Phi) is 5.83. The number of pyridine rings is 1. The zero-order valence-electron chi connectivity index (χ0n) is 20.0. The van der Waals surface area contributed by atoms with Crippen molar-refractivity contribution < 1.29 is 18.8 Å². The molecule has 1 aliphatic carbocycles. The van der Waals surface area contributed by atoms with Gasteiger partial charge in [-0.05, 0) is 37.0 Å². The number of nitrogens with one attached hydrogen (secondary N) is 1. The average molecular weight is 533 g/mol. The molecule has 38 heavy (non-hydrogen) atoms. The van der Waals surface area contributed by atoms with Crippen molar-refractivity contribution in [2.75, 3.05) is 5.32 Å². The van der Waals surface area contributed by atoms with E-state index in [1.165, 1.54) is 23.1 Å². The summed E-state index contributed by atoms with van der Waals surface area (Å²) in [6.45, 7) is -0.196. The number of aromatic nitrogens is 3. The number of anilines is 1. The van der Waals surface area contributed by atoms with Crippen LogP contribution >= 0.6 is 11.6 Å². The number of nitrogens with two attached hydrogens (primary N) is 1. The molecule has 2 aromatic heterocycles. The molecule has 6 rings (SSSR count). The Hall–Kier alpha value is -4.31. The molecule has 2 aromatic carbocycles. The molecule has 4 aromatic rings. The molecule has 0 radical (unpaired) electrons. The van der Waals surface area contributed by atoms with Gasteiger partial charge in [-0.2, -0.15) is 5.10 Å². The lowest BCUT2D eigenvalue weighted by atomic mass is 10.0. The highest BCUT2D eigenvalue weighted by molar-refractivity contribution is 6.33. The molecule has 0 bridgehead atoms. The second-order valence-electron chi connectivity index (χ2n) is 9.52. The summed E-state index contributed by atoms with van der Waals surface area (Å²) < 4.78 is 16.8. The van der Waals surface area contributed by atoms with E-state index in [1.807, 2.05) is 0 Å². The van der Waals surface area contributed by atoms with Crippen LogP contribution in [0.25, 0.3) is 22.0 Å². The number of amides is 3. The van der Waals surface area contributed by atoms with Crippen LogP contribution < -0.4 is 11.1 Å². The Balaban J connectivity index is 1.24. The van der Waals surface area contributed by atoms with Crippen LogP contribution in [-0.2, 0) is 16.1 Å². The third kappa shape index (κ3) is 4.06. The van der Waals surface area contributed by atoms with Gasteiger partial charge in [0.2, 0.25) is 11.8 Å². The number of piperidine rings is 1. The molecule has 1 saturated heterocycles. The number of nitrogens with zero attached hydrogens (tertiary/aromatic N) is 4. The topological polar surface area (TPSA) is 123 Å². The summed E-state index contributed by atoms with van der Waals surface area (Å²) in [5.74, 6) is -1.90. The molecule has 3 amide bonds. The van der Waals surface area contributed by atoms with Crippen molar-refractivity contribution in [2.45, 2.75) is 31.5 Å². The van der Waals surface area contributed by atoms with Crippen LogP contribution in [0, 0.1) is 11.7 Å². The summed E-state index contributed by atoms with van der Waals surface area (Å²) in [4.78, 5) is 44.2. The lowest BCUT2D eigenvalue weighted by molar-refractivity contribution is -0.138. The summed E-state index contributed by atoms with van der Waals surface area (Å²) in [7, 11) is 0. The molecule has 2 fully saturated rings. The van der Waals surface area contributed by atoms with Gasteiger partial charge in [-0.3, -0.25) is 24.0 Å². The van der Waals surface area contributed by atoms with Crippen molar-refractivity contribution in [1.29, 1.82) is 0 Å². The molecule has 3 heterocycles. The van der Waals surface area contributed by atoms with E-state index >= 15 is 4.39 Å². The number of fused-ring (bicyclic) bond motifs is 2. The molecule has 9 nitrogen and oxygen atoms in total. The minimum Gasteiger partial charge on any atom is -0.364 e. The van der Waals surface area contributed by atoms with Gasteiger partial charge in [0, 0.05) is 33.8 Å². The van der Waals surface area contributed by atoms with Gasteiger partial charge in [0.05, 0.1) is 17.4 Å².